The van der Waals surface area contributed by atoms with E-state index in [-0.39, 0.29) is 26.4 Å². The van der Waals surface area contributed by atoms with Crippen LogP contribution in [0.4, 0.5) is 0 Å². The molecule has 0 saturated heterocycles. The lowest BCUT2D eigenvalue weighted by atomic mass is 9.89. The number of rotatable bonds is 50. The summed E-state index contributed by atoms with van der Waals surface area (Å²) in [6.45, 7) is 17.3. The fourth-order valence-corrected chi connectivity index (χ4v) is 10.4. The predicted molar refractivity (Wildman–Crippen MR) is 328 cm³/mol. The van der Waals surface area contributed by atoms with Gasteiger partial charge in [0.1, 0.15) is 36.2 Å². The lowest BCUT2D eigenvalue weighted by molar-refractivity contribution is -0.150. The van der Waals surface area contributed by atoms with Gasteiger partial charge in [0.25, 0.3) is 0 Å². The van der Waals surface area contributed by atoms with Gasteiger partial charge in [-0.2, -0.15) is 0 Å². The number of hydrogen-bond acceptors (Lipinski definition) is 9. The molecule has 0 amide bonds. The molecule has 2 atom stereocenters. The van der Waals surface area contributed by atoms with Crippen molar-refractivity contribution in [3.05, 3.63) is 102 Å². The zero-order valence-corrected chi connectivity index (χ0v) is 50.3. The Morgan fingerprint density at radius 2 is 0.785 bits per heavy atom. The van der Waals surface area contributed by atoms with Crippen molar-refractivity contribution in [3.8, 4) is 17.2 Å². The average molecular weight is 1090 g/mol. The summed E-state index contributed by atoms with van der Waals surface area (Å²) in [5, 5.41) is 1.69. The minimum Gasteiger partial charge on any atom is -0.489 e. The lowest BCUT2D eigenvalue weighted by Crippen LogP contribution is -2.31. The number of ether oxygens (including phenoxy) is 7. The van der Waals surface area contributed by atoms with Crippen LogP contribution in [0.3, 0.4) is 0 Å². The van der Waals surface area contributed by atoms with Gasteiger partial charge in [-0.15, -0.1) is 0 Å². The Kier molecular flexibility index (Phi) is 36.6. The average Bonchev–Trinajstić information content (AvgIpc) is 3.53. The highest BCUT2D eigenvalue weighted by Crippen LogP contribution is 2.44. The summed E-state index contributed by atoms with van der Waals surface area (Å²) in [7, 11) is 0. The third kappa shape index (κ3) is 29.1. The van der Waals surface area contributed by atoms with Crippen molar-refractivity contribution in [1.29, 1.82) is 0 Å². The molecular weight excluding hydrogens is 985 g/mol. The molecular formula is C70H108O9. The van der Waals surface area contributed by atoms with Crippen LogP contribution in [-0.4, -0.2) is 63.8 Å². The number of unbranched alkanes of at least 4 members (excludes halogenated alkanes) is 30. The van der Waals surface area contributed by atoms with Crippen molar-refractivity contribution < 1.29 is 42.7 Å². The molecule has 4 rings (SSSR count). The monoisotopic (exact) mass is 1090 g/mol. The number of allylic oxidation sites excluding steroid dienone is 2. The van der Waals surface area contributed by atoms with Crippen molar-refractivity contribution in [1.82, 2.24) is 0 Å². The molecule has 0 aliphatic heterocycles. The zero-order chi connectivity index (χ0) is 56.4. The summed E-state index contributed by atoms with van der Waals surface area (Å²) in [6.07, 6.45) is 43.7. The molecule has 0 fully saturated rings. The first-order valence-electron chi connectivity index (χ1n) is 31.8. The molecule has 0 saturated carbocycles. The van der Waals surface area contributed by atoms with Gasteiger partial charge in [-0.1, -0.05) is 262 Å². The molecule has 3 aromatic carbocycles. The Hall–Kier alpha value is -4.60. The topological polar surface area (TPSA) is 98.8 Å². The summed E-state index contributed by atoms with van der Waals surface area (Å²) in [5.74, 6) is 1.93. The van der Waals surface area contributed by atoms with Crippen LogP contribution in [0.5, 0.6) is 17.2 Å². The van der Waals surface area contributed by atoms with Gasteiger partial charge in [-0.25, -0.2) is 9.59 Å². The first-order valence-corrected chi connectivity index (χ1v) is 31.8. The quantitative estimate of drug-likeness (QED) is 0.0311. The van der Waals surface area contributed by atoms with Crippen LogP contribution in [0, 0.1) is 0 Å². The number of benzene rings is 3. The molecule has 2 unspecified atom stereocenters. The van der Waals surface area contributed by atoms with E-state index in [1.807, 2.05) is 54.6 Å². The van der Waals surface area contributed by atoms with Crippen molar-refractivity contribution in [3.63, 3.8) is 0 Å². The number of carbonyl (C=O) groups excluding carboxylic acids is 2. The third-order valence-electron chi connectivity index (χ3n) is 15.2. The fraction of sp³-hybridized carbons (Fsp3) is 0.657. The highest BCUT2D eigenvalue weighted by molar-refractivity contribution is 5.96. The Labute approximate surface area is 480 Å². The number of hydrogen-bond donors (Lipinski definition) is 0. The second-order valence-corrected chi connectivity index (χ2v) is 22.6. The van der Waals surface area contributed by atoms with Crippen molar-refractivity contribution in [2.75, 3.05) is 39.6 Å². The second kappa shape index (κ2) is 43.2. The van der Waals surface area contributed by atoms with Gasteiger partial charge >= 0.3 is 11.9 Å². The Morgan fingerprint density at radius 3 is 1.15 bits per heavy atom. The number of para-hydroxylation sites is 1. The van der Waals surface area contributed by atoms with E-state index in [1.165, 1.54) is 180 Å². The number of carbonyl (C=O) groups is 2. The first-order chi connectivity index (χ1) is 38.7. The predicted octanol–water partition coefficient (Wildman–Crippen LogP) is 19.2. The van der Waals surface area contributed by atoms with Crippen LogP contribution in [0.1, 0.15) is 244 Å². The molecule has 442 valence electrons. The largest absolute Gasteiger partial charge is 0.489 e. The normalized spacial score (nSPS) is 12.9. The van der Waals surface area contributed by atoms with E-state index in [0.29, 0.717) is 48.7 Å². The van der Waals surface area contributed by atoms with E-state index in [9.17, 15) is 9.59 Å². The Bertz CT molecular complexity index is 2140. The number of fused-ring (bicyclic) bond motifs is 2. The van der Waals surface area contributed by atoms with Crippen LogP contribution < -0.4 is 14.2 Å². The maximum atomic E-state index is 13.0. The minimum absolute atomic E-state index is 0.0723. The molecule has 0 radical (unpaired) electrons. The molecule has 0 N–H and O–H groups in total. The second-order valence-electron chi connectivity index (χ2n) is 22.6. The van der Waals surface area contributed by atoms with Gasteiger partial charge in [-0.3, -0.25) is 0 Å². The van der Waals surface area contributed by atoms with Crippen molar-refractivity contribution in [2.24, 2.45) is 0 Å². The highest BCUT2D eigenvalue weighted by Gasteiger charge is 2.28. The molecule has 9 nitrogen and oxygen atoms in total. The molecule has 0 heterocycles. The maximum absolute atomic E-state index is 13.0. The maximum Gasteiger partial charge on any atom is 0.333 e. The summed E-state index contributed by atoms with van der Waals surface area (Å²) in [5.41, 5.74) is 2.50. The standard InChI is InChI=1S/C70H108O9/c1-7-9-11-13-15-17-19-21-23-25-27-29-31-33-35-42-50-73-53-61(78-69(71)57(3)4)55-75-67-63-46-40-41-47-64(63)68(66-52-60(48-49-65(66)67)77-59-44-38-37-39-45-59)76-56-62(79-70(72)58(5)6)54-74-51-43-36-34-32-30-28-26-24-22-20-18-16-14-12-10-8-2/h37-41,44-48,61-62H,3,5,7-36,42-43,49-56H2,1-2,4,6H3. The summed E-state index contributed by atoms with van der Waals surface area (Å²) in [6, 6.07) is 17.8. The van der Waals surface area contributed by atoms with Gasteiger partial charge in [0.2, 0.25) is 0 Å². The summed E-state index contributed by atoms with van der Waals surface area (Å²) >= 11 is 0. The van der Waals surface area contributed by atoms with E-state index in [0.717, 1.165) is 59.1 Å². The van der Waals surface area contributed by atoms with Crippen molar-refractivity contribution >= 4 is 22.7 Å². The first kappa shape index (κ1) is 66.9. The van der Waals surface area contributed by atoms with Gasteiger partial charge in [0.05, 0.1) is 13.2 Å². The van der Waals surface area contributed by atoms with Crippen LogP contribution >= 0.6 is 0 Å². The minimum atomic E-state index is -0.669. The van der Waals surface area contributed by atoms with Crippen molar-refractivity contribution in [2.45, 2.75) is 258 Å². The number of esters is 2. The molecule has 0 spiro atoms. The van der Waals surface area contributed by atoms with Gasteiger partial charge in [-0.05, 0) is 51.3 Å². The fourth-order valence-electron chi connectivity index (χ4n) is 10.4. The van der Waals surface area contributed by atoms with Crippen LogP contribution in [0.25, 0.3) is 10.8 Å². The SMILES string of the molecule is C=C(C)C(=O)OC(COCCCCCCCCCCCCCCCCCC)COc1c2c(c(OCC(COCCCCCCCCCCCCCCCCCC)OC(=O)C(=C)C)c3ccccc13)CC(Oc1ccccc1)=CC2. The van der Waals surface area contributed by atoms with Gasteiger partial charge in [0.15, 0.2) is 12.2 Å². The molecule has 0 bridgehead atoms. The van der Waals surface area contributed by atoms with Gasteiger partial charge < -0.3 is 33.2 Å². The van der Waals surface area contributed by atoms with Crippen LogP contribution in [0.2, 0.25) is 0 Å². The Balaban J connectivity index is 1.33. The van der Waals surface area contributed by atoms with E-state index in [1.54, 1.807) is 13.8 Å². The van der Waals surface area contributed by atoms with Crippen LogP contribution in [0.15, 0.2) is 90.7 Å². The van der Waals surface area contributed by atoms with Crippen LogP contribution in [-0.2, 0) is 41.4 Å². The van der Waals surface area contributed by atoms with Gasteiger partial charge in [0, 0.05) is 52.7 Å². The zero-order valence-electron chi connectivity index (χ0n) is 50.3. The molecule has 3 aromatic rings. The smallest absolute Gasteiger partial charge is 0.333 e. The highest BCUT2D eigenvalue weighted by atomic mass is 16.6. The molecule has 9 heteroatoms. The molecule has 1 aliphatic carbocycles. The molecule has 1 aliphatic rings. The summed E-state index contributed by atoms with van der Waals surface area (Å²) < 4.78 is 44.3. The van der Waals surface area contributed by atoms with E-state index < -0.39 is 24.1 Å². The third-order valence-corrected chi connectivity index (χ3v) is 15.2. The Morgan fingerprint density at radius 1 is 0.443 bits per heavy atom. The van der Waals surface area contributed by atoms with E-state index >= 15 is 0 Å². The van der Waals surface area contributed by atoms with E-state index in [2.05, 4.69) is 33.1 Å². The van der Waals surface area contributed by atoms with E-state index in [4.69, 9.17) is 33.2 Å². The molecule has 79 heavy (non-hydrogen) atoms. The lowest BCUT2D eigenvalue weighted by Gasteiger charge is -2.27. The summed E-state index contributed by atoms with van der Waals surface area (Å²) in [4.78, 5) is 26.0. The molecule has 0 aromatic heterocycles.